The molecular weight excluding hydrogens is 803 g/mol. The number of hydrogen-bond acceptors (Lipinski definition) is 7. The summed E-state index contributed by atoms with van der Waals surface area (Å²) in [6.07, 6.45) is 6.42. The van der Waals surface area contributed by atoms with Gasteiger partial charge in [0.05, 0.1) is 18.5 Å². The van der Waals surface area contributed by atoms with Crippen molar-refractivity contribution in [2.75, 3.05) is 0 Å². The lowest BCUT2D eigenvalue weighted by atomic mass is 9.94. The number of hydrogen-bond donors (Lipinski definition) is 4. The van der Waals surface area contributed by atoms with E-state index >= 15 is 0 Å². The number of fused-ring (bicyclic) bond motifs is 2. The molecule has 326 valence electrons. The van der Waals surface area contributed by atoms with Gasteiger partial charge >= 0.3 is 11.9 Å². The highest BCUT2D eigenvalue weighted by molar-refractivity contribution is 5.97. The third-order valence-corrected chi connectivity index (χ3v) is 11.8. The summed E-state index contributed by atoms with van der Waals surface area (Å²) in [6, 6.07) is 39.8. The Hall–Kier alpha value is -7.21. The lowest BCUT2D eigenvalue weighted by Crippen LogP contribution is -2.16. The van der Waals surface area contributed by atoms with Crippen LogP contribution in [0.1, 0.15) is 78.8 Å². The van der Waals surface area contributed by atoms with E-state index in [1.807, 2.05) is 42.5 Å². The summed E-state index contributed by atoms with van der Waals surface area (Å²) in [5.74, 6) is -0.733. The van der Waals surface area contributed by atoms with Crippen LogP contribution < -0.4 is 20.9 Å². The Bertz CT molecular complexity index is 2970. The zero-order valence-electron chi connectivity index (χ0n) is 36.3. The number of ether oxygens (including phenoxy) is 2. The molecule has 2 atom stereocenters. The molecule has 0 amide bonds. The maximum atomic E-state index is 11.6. The van der Waals surface area contributed by atoms with Gasteiger partial charge in [0.1, 0.15) is 24.7 Å². The molecule has 0 radical (unpaired) electrons. The Morgan fingerprint density at radius 1 is 0.656 bits per heavy atom. The van der Waals surface area contributed by atoms with E-state index < -0.39 is 11.9 Å². The molecule has 5 aromatic carbocycles. The van der Waals surface area contributed by atoms with Crippen LogP contribution in [0, 0.1) is 0 Å². The van der Waals surface area contributed by atoms with E-state index in [0.29, 0.717) is 35.6 Å². The summed E-state index contributed by atoms with van der Waals surface area (Å²) in [5, 5.41) is 21.2. The molecule has 0 aliphatic carbocycles. The topological polar surface area (TPSA) is 168 Å². The summed E-state index contributed by atoms with van der Waals surface area (Å²) < 4.78 is 17.1. The van der Waals surface area contributed by atoms with Crippen LogP contribution in [0.2, 0.25) is 0 Å². The number of nitrogens with two attached hydrogens (primary N) is 2. The smallest absolute Gasteiger partial charge is 0.307 e. The minimum atomic E-state index is -0.919. The Labute approximate surface area is 372 Å². The summed E-state index contributed by atoms with van der Waals surface area (Å²) in [7, 11) is 0. The van der Waals surface area contributed by atoms with Gasteiger partial charge in [-0.15, -0.1) is 0 Å². The van der Waals surface area contributed by atoms with Gasteiger partial charge < -0.3 is 40.3 Å². The Morgan fingerprint density at radius 3 is 1.77 bits per heavy atom. The van der Waals surface area contributed by atoms with Gasteiger partial charge in [-0.1, -0.05) is 54.6 Å². The lowest BCUT2D eigenvalue weighted by Gasteiger charge is -2.22. The van der Waals surface area contributed by atoms with Crippen molar-refractivity contribution in [3.05, 3.63) is 173 Å². The molecule has 11 nitrogen and oxygen atoms in total. The number of aromatic nitrogens is 3. The van der Waals surface area contributed by atoms with Crippen molar-refractivity contribution < 1.29 is 29.3 Å². The number of para-hydroxylation sites is 2. The van der Waals surface area contributed by atoms with E-state index in [4.69, 9.17) is 20.9 Å². The fourth-order valence-corrected chi connectivity index (χ4v) is 8.66. The first-order valence-electron chi connectivity index (χ1n) is 21.6. The molecule has 3 heterocycles. The third kappa shape index (κ3) is 9.56. The normalized spacial score (nSPS) is 12.5. The molecule has 3 aromatic heterocycles. The quantitative estimate of drug-likeness (QED) is 0.0656. The number of nitrogens with zero attached hydrogens (tertiary/aromatic N) is 3. The van der Waals surface area contributed by atoms with Gasteiger partial charge in [0, 0.05) is 76.2 Å². The Kier molecular flexibility index (Phi) is 12.9. The molecule has 0 bridgehead atoms. The summed E-state index contributed by atoms with van der Waals surface area (Å²) in [6.45, 7) is 7.33. The summed E-state index contributed by atoms with van der Waals surface area (Å²) in [5.41, 5.74) is 24.3. The first-order chi connectivity index (χ1) is 30.9. The second-order valence-corrected chi connectivity index (χ2v) is 16.7. The first kappa shape index (κ1) is 43.4. The van der Waals surface area contributed by atoms with Gasteiger partial charge in [-0.3, -0.25) is 14.6 Å². The number of benzene rings is 5. The van der Waals surface area contributed by atoms with Crippen LogP contribution in [0.5, 0.6) is 11.5 Å². The predicted octanol–water partition coefficient (Wildman–Crippen LogP) is 10.4. The van der Waals surface area contributed by atoms with Crippen molar-refractivity contribution in [2.45, 2.75) is 77.9 Å². The molecule has 0 saturated carbocycles. The van der Waals surface area contributed by atoms with E-state index in [2.05, 4.69) is 108 Å². The van der Waals surface area contributed by atoms with Crippen LogP contribution in [0.15, 0.2) is 140 Å². The van der Waals surface area contributed by atoms with E-state index in [0.717, 1.165) is 66.4 Å². The second kappa shape index (κ2) is 19.0. The Morgan fingerprint density at radius 2 is 1.20 bits per heavy atom. The van der Waals surface area contributed by atoms with Gasteiger partial charge in [0.2, 0.25) is 0 Å². The van der Waals surface area contributed by atoms with Crippen molar-refractivity contribution in [3.63, 3.8) is 0 Å². The molecule has 0 saturated heterocycles. The maximum Gasteiger partial charge on any atom is 0.307 e. The molecule has 0 fully saturated rings. The number of carboxylic acids is 2. The lowest BCUT2D eigenvalue weighted by molar-refractivity contribution is -0.137. The highest BCUT2D eigenvalue weighted by Crippen LogP contribution is 2.37. The van der Waals surface area contributed by atoms with Crippen molar-refractivity contribution in [1.29, 1.82) is 0 Å². The van der Waals surface area contributed by atoms with Gasteiger partial charge in [0.25, 0.3) is 0 Å². The van der Waals surface area contributed by atoms with Gasteiger partial charge in [-0.2, -0.15) is 0 Å². The molecule has 64 heavy (non-hydrogen) atoms. The van der Waals surface area contributed by atoms with Crippen molar-refractivity contribution in [2.24, 2.45) is 11.5 Å². The molecule has 0 spiro atoms. The van der Waals surface area contributed by atoms with Crippen LogP contribution in [0.4, 0.5) is 0 Å². The van der Waals surface area contributed by atoms with E-state index in [9.17, 15) is 19.8 Å². The maximum absolute atomic E-state index is 11.6. The average molecular weight is 856 g/mol. The fraction of sp³-hybridized carbons (Fsp3) is 0.226. The predicted molar refractivity (Wildman–Crippen MR) is 251 cm³/mol. The number of carbonyl (C=O) groups is 2. The zero-order chi connectivity index (χ0) is 44.9. The third-order valence-electron chi connectivity index (χ3n) is 11.8. The molecule has 0 aliphatic rings. The number of aliphatic carboxylic acids is 2. The number of pyridine rings is 1. The van der Waals surface area contributed by atoms with Crippen LogP contribution >= 0.6 is 0 Å². The number of rotatable bonds is 18. The van der Waals surface area contributed by atoms with Crippen molar-refractivity contribution in [3.8, 4) is 33.8 Å². The second-order valence-electron chi connectivity index (χ2n) is 16.7. The summed E-state index contributed by atoms with van der Waals surface area (Å²) >= 11 is 0. The SMILES string of the molecule is CC(C)n1ccc2c(-c3cccc(C(N)CC(C)n4ccc5c(-c6ccnc(CN)c6)cc(COc6ccccc6CC(=O)O)cc54)c3)cc(COc3ccccc3CC(=O)O)cc21. The molecular formula is C53H53N5O6. The zero-order valence-corrected chi connectivity index (χ0v) is 36.3. The van der Waals surface area contributed by atoms with Gasteiger partial charge in [0.15, 0.2) is 0 Å². The van der Waals surface area contributed by atoms with E-state index in [1.165, 1.54) is 0 Å². The largest absolute Gasteiger partial charge is 0.489 e. The van der Waals surface area contributed by atoms with Crippen molar-refractivity contribution >= 4 is 33.7 Å². The standard InChI is InChI=1S/C53H53N5O6/c1-33(2)57-19-16-43-45(22-35(24-48(43)57)31-63-50-13-6-4-9-40(50)28-52(59)60)37-11-8-12-39(26-37)47(55)21-34(3)58-20-17-44-46(38-15-18-56-42(27-38)30-54)23-36(25-49(44)58)32-64-51-14-7-5-10-41(51)29-53(61)62/h4-20,22-27,33-34,47H,21,28-32,54-55H2,1-3H3,(H,59,60)(H,61,62). The van der Waals surface area contributed by atoms with Crippen LogP contribution in [-0.4, -0.2) is 36.3 Å². The fourth-order valence-electron chi connectivity index (χ4n) is 8.66. The molecule has 8 aromatic rings. The van der Waals surface area contributed by atoms with Crippen LogP contribution in [-0.2, 0) is 42.2 Å². The molecule has 6 N–H and O–H groups in total. The van der Waals surface area contributed by atoms with Crippen LogP contribution in [0.25, 0.3) is 44.1 Å². The van der Waals surface area contributed by atoms with Crippen molar-refractivity contribution in [1.82, 2.24) is 14.1 Å². The summed E-state index contributed by atoms with van der Waals surface area (Å²) in [4.78, 5) is 27.6. The molecule has 11 heteroatoms. The van der Waals surface area contributed by atoms with Gasteiger partial charge in [-0.05, 0) is 133 Å². The minimum absolute atomic E-state index is 0.00442. The van der Waals surface area contributed by atoms with E-state index in [1.54, 1.807) is 24.4 Å². The van der Waals surface area contributed by atoms with Gasteiger partial charge in [-0.25, -0.2) is 0 Å². The van der Waals surface area contributed by atoms with Crippen LogP contribution in [0.3, 0.4) is 0 Å². The highest BCUT2D eigenvalue weighted by atomic mass is 16.5. The van der Waals surface area contributed by atoms with E-state index in [-0.39, 0.29) is 44.2 Å². The Balaban J connectivity index is 1.09. The average Bonchev–Trinajstić information content (AvgIpc) is 3.93. The highest BCUT2D eigenvalue weighted by Gasteiger charge is 2.20. The molecule has 2 unspecified atom stereocenters. The molecule has 0 aliphatic heterocycles. The molecule has 8 rings (SSSR count). The minimum Gasteiger partial charge on any atom is -0.489 e. The number of carboxylic acid groups (broad SMARTS) is 2. The first-order valence-corrected chi connectivity index (χ1v) is 21.6. The monoisotopic (exact) mass is 855 g/mol.